The highest BCUT2D eigenvalue weighted by Gasteiger charge is 2.20. The van der Waals surface area contributed by atoms with Crippen molar-refractivity contribution >= 4 is 5.78 Å². The highest BCUT2D eigenvalue weighted by molar-refractivity contribution is 5.97. The zero-order valence-electron chi connectivity index (χ0n) is 10.8. The third-order valence-corrected chi connectivity index (χ3v) is 3.09. The molecule has 0 saturated heterocycles. The molecule has 2 rings (SSSR count). The monoisotopic (exact) mass is 242 g/mol. The maximum Gasteiger partial charge on any atom is 0.205 e. The summed E-state index contributed by atoms with van der Waals surface area (Å²) in [7, 11) is 0. The molecule has 2 aromatic rings. The molecule has 0 spiro atoms. The van der Waals surface area contributed by atoms with Crippen LogP contribution in [-0.4, -0.2) is 15.3 Å². The van der Waals surface area contributed by atoms with Crippen LogP contribution in [0.4, 0.5) is 0 Å². The summed E-state index contributed by atoms with van der Waals surface area (Å²) in [5.41, 5.74) is 1.04. The van der Waals surface area contributed by atoms with E-state index >= 15 is 0 Å². The second-order valence-electron chi connectivity index (χ2n) is 4.44. The number of aromatic nitrogens is 2. The van der Waals surface area contributed by atoms with Gasteiger partial charge in [0, 0.05) is 24.9 Å². The zero-order chi connectivity index (χ0) is 13.0. The Kier molecular flexibility index (Phi) is 3.92. The summed E-state index contributed by atoms with van der Waals surface area (Å²) >= 11 is 0. The van der Waals surface area contributed by atoms with Gasteiger partial charge in [-0.1, -0.05) is 44.2 Å². The molecular formula is C15H18N2O. The number of Topliss-reactive ketones (excluding diaryl/α,β-unsaturated/α-hetero) is 1. The van der Waals surface area contributed by atoms with E-state index in [0.29, 0.717) is 5.82 Å². The van der Waals surface area contributed by atoms with Crippen LogP contribution < -0.4 is 0 Å². The summed E-state index contributed by atoms with van der Waals surface area (Å²) in [5, 5.41) is 0. The molecule has 0 aliphatic heterocycles. The minimum Gasteiger partial charge on any atom is -0.329 e. The van der Waals surface area contributed by atoms with Crippen LogP contribution in [0.15, 0.2) is 42.7 Å². The molecule has 0 aliphatic rings. The predicted molar refractivity (Wildman–Crippen MR) is 71.7 cm³/mol. The molecule has 0 N–H and O–H groups in total. The van der Waals surface area contributed by atoms with Crippen molar-refractivity contribution in [3.8, 4) is 0 Å². The maximum atomic E-state index is 12.4. The Labute approximate surface area is 107 Å². The second-order valence-corrected chi connectivity index (χ2v) is 4.44. The molecule has 18 heavy (non-hydrogen) atoms. The lowest BCUT2D eigenvalue weighted by Gasteiger charge is -2.11. The summed E-state index contributed by atoms with van der Waals surface area (Å²) in [6.07, 6.45) is 4.56. The molecule has 94 valence electrons. The molecule has 1 heterocycles. The fourth-order valence-corrected chi connectivity index (χ4v) is 2.04. The quantitative estimate of drug-likeness (QED) is 0.754. The van der Waals surface area contributed by atoms with Crippen molar-refractivity contribution in [3.63, 3.8) is 0 Å². The van der Waals surface area contributed by atoms with E-state index in [-0.39, 0.29) is 11.7 Å². The van der Waals surface area contributed by atoms with Crippen molar-refractivity contribution in [2.75, 3.05) is 0 Å². The molecular weight excluding hydrogens is 224 g/mol. The Morgan fingerprint density at radius 1 is 1.33 bits per heavy atom. The van der Waals surface area contributed by atoms with Gasteiger partial charge in [0.1, 0.15) is 0 Å². The van der Waals surface area contributed by atoms with Crippen molar-refractivity contribution in [2.45, 2.75) is 32.7 Å². The van der Waals surface area contributed by atoms with Gasteiger partial charge in [-0.15, -0.1) is 0 Å². The van der Waals surface area contributed by atoms with Gasteiger partial charge < -0.3 is 4.57 Å². The van der Waals surface area contributed by atoms with Crippen LogP contribution in [0.25, 0.3) is 0 Å². The summed E-state index contributed by atoms with van der Waals surface area (Å²) in [5.74, 6) is 0.497. The average molecular weight is 242 g/mol. The normalized spacial score (nSPS) is 12.3. The van der Waals surface area contributed by atoms with Gasteiger partial charge in [0.05, 0.1) is 0 Å². The first-order chi connectivity index (χ1) is 8.74. The molecule has 1 atom stereocenters. The van der Waals surface area contributed by atoms with E-state index in [1.54, 1.807) is 6.20 Å². The van der Waals surface area contributed by atoms with Crippen LogP contribution in [0.5, 0.6) is 0 Å². The smallest absolute Gasteiger partial charge is 0.205 e. The van der Waals surface area contributed by atoms with Gasteiger partial charge >= 0.3 is 0 Å². The largest absolute Gasteiger partial charge is 0.329 e. The molecule has 0 saturated carbocycles. The number of carbonyl (C=O) groups is 1. The number of benzene rings is 1. The van der Waals surface area contributed by atoms with E-state index in [4.69, 9.17) is 0 Å². The van der Waals surface area contributed by atoms with Crippen molar-refractivity contribution < 1.29 is 4.79 Å². The third kappa shape index (κ3) is 2.50. The van der Waals surface area contributed by atoms with Gasteiger partial charge in [-0.05, 0) is 12.0 Å². The zero-order valence-corrected chi connectivity index (χ0v) is 10.8. The van der Waals surface area contributed by atoms with Crippen LogP contribution in [0, 0.1) is 0 Å². The Morgan fingerprint density at radius 2 is 2.06 bits per heavy atom. The van der Waals surface area contributed by atoms with Crippen LogP contribution in [-0.2, 0) is 6.54 Å². The first kappa shape index (κ1) is 12.6. The minimum atomic E-state index is -0.149. The number of rotatable bonds is 5. The number of ketones is 1. The lowest BCUT2D eigenvalue weighted by molar-refractivity contribution is 0.0951. The van der Waals surface area contributed by atoms with E-state index in [1.807, 2.05) is 48.0 Å². The predicted octanol–water partition coefficient (Wildman–Crippen LogP) is 3.28. The van der Waals surface area contributed by atoms with Crippen LogP contribution in [0.2, 0.25) is 0 Å². The van der Waals surface area contributed by atoms with Gasteiger partial charge in [0.15, 0.2) is 5.82 Å². The van der Waals surface area contributed by atoms with Gasteiger partial charge in [0.2, 0.25) is 5.78 Å². The first-order valence-electron chi connectivity index (χ1n) is 6.34. The molecule has 3 nitrogen and oxygen atoms in total. The number of hydrogen-bond acceptors (Lipinski definition) is 2. The Balaban J connectivity index is 2.23. The molecule has 0 amide bonds. The molecule has 0 radical (unpaired) electrons. The Morgan fingerprint density at radius 3 is 2.72 bits per heavy atom. The van der Waals surface area contributed by atoms with E-state index in [0.717, 1.165) is 18.5 Å². The topological polar surface area (TPSA) is 34.9 Å². The number of imidazole rings is 1. The SMILES string of the molecule is CCCn1ccnc1C(=O)C(C)c1ccccc1. The minimum absolute atomic E-state index is 0.0830. The summed E-state index contributed by atoms with van der Waals surface area (Å²) in [4.78, 5) is 16.6. The fourth-order valence-electron chi connectivity index (χ4n) is 2.04. The highest BCUT2D eigenvalue weighted by Crippen LogP contribution is 2.19. The molecule has 0 bridgehead atoms. The van der Waals surface area contributed by atoms with E-state index in [1.165, 1.54) is 0 Å². The van der Waals surface area contributed by atoms with Crippen molar-refractivity contribution in [1.29, 1.82) is 0 Å². The van der Waals surface area contributed by atoms with Crippen LogP contribution in [0.1, 0.15) is 42.4 Å². The average Bonchev–Trinajstić information content (AvgIpc) is 2.87. The Hall–Kier alpha value is -1.90. The van der Waals surface area contributed by atoms with Crippen LogP contribution >= 0.6 is 0 Å². The molecule has 0 fully saturated rings. The van der Waals surface area contributed by atoms with Gasteiger partial charge in [-0.25, -0.2) is 4.98 Å². The van der Waals surface area contributed by atoms with Crippen molar-refractivity contribution in [1.82, 2.24) is 9.55 Å². The van der Waals surface area contributed by atoms with E-state index in [9.17, 15) is 4.79 Å². The maximum absolute atomic E-state index is 12.4. The molecule has 3 heteroatoms. The summed E-state index contributed by atoms with van der Waals surface area (Å²) in [6, 6.07) is 9.83. The van der Waals surface area contributed by atoms with Gasteiger partial charge in [-0.3, -0.25) is 4.79 Å². The molecule has 1 aromatic carbocycles. The highest BCUT2D eigenvalue weighted by atomic mass is 16.1. The second kappa shape index (κ2) is 5.63. The summed E-state index contributed by atoms with van der Waals surface area (Å²) in [6.45, 7) is 4.86. The lowest BCUT2D eigenvalue weighted by atomic mass is 9.96. The van der Waals surface area contributed by atoms with E-state index in [2.05, 4.69) is 11.9 Å². The Bertz CT molecular complexity index is 516. The number of aryl methyl sites for hydroxylation is 1. The third-order valence-electron chi connectivity index (χ3n) is 3.09. The number of carbonyl (C=O) groups excluding carboxylic acids is 1. The number of hydrogen-bond donors (Lipinski definition) is 0. The van der Waals surface area contributed by atoms with Gasteiger partial charge in [0.25, 0.3) is 0 Å². The standard InChI is InChI=1S/C15H18N2O/c1-3-10-17-11-9-16-15(17)14(18)12(2)13-7-5-4-6-8-13/h4-9,11-12H,3,10H2,1-2H3. The number of nitrogens with zero attached hydrogens (tertiary/aromatic N) is 2. The van der Waals surface area contributed by atoms with Crippen LogP contribution in [0.3, 0.4) is 0 Å². The van der Waals surface area contributed by atoms with E-state index < -0.39 is 0 Å². The summed E-state index contributed by atoms with van der Waals surface area (Å²) < 4.78 is 1.93. The first-order valence-corrected chi connectivity index (χ1v) is 6.34. The molecule has 0 aliphatic carbocycles. The van der Waals surface area contributed by atoms with Gasteiger partial charge in [-0.2, -0.15) is 0 Å². The van der Waals surface area contributed by atoms with Crippen molar-refractivity contribution in [3.05, 3.63) is 54.1 Å². The molecule has 1 aromatic heterocycles. The lowest BCUT2D eigenvalue weighted by Crippen LogP contribution is -2.16. The van der Waals surface area contributed by atoms with Crippen molar-refractivity contribution in [2.24, 2.45) is 0 Å². The fraction of sp³-hybridized carbons (Fsp3) is 0.333. The molecule has 1 unspecified atom stereocenters.